The first-order valence-corrected chi connectivity index (χ1v) is 3.37. The van der Waals surface area contributed by atoms with Gasteiger partial charge in [-0.05, 0) is 5.92 Å². The van der Waals surface area contributed by atoms with Crippen molar-refractivity contribution in [2.75, 3.05) is 7.11 Å². The lowest BCUT2D eigenvalue weighted by atomic mass is 10.1. The van der Waals surface area contributed by atoms with Gasteiger partial charge in [-0.15, -0.1) is 0 Å². The summed E-state index contributed by atoms with van der Waals surface area (Å²) in [5, 5.41) is -0.282. The van der Waals surface area contributed by atoms with Gasteiger partial charge in [-0.1, -0.05) is 13.8 Å². The zero-order valence-corrected chi connectivity index (χ0v) is 6.81. The van der Waals surface area contributed by atoms with Crippen LogP contribution in [-0.4, -0.2) is 18.3 Å². The van der Waals surface area contributed by atoms with Crippen LogP contribution in [0.4, 0.5) is 0 Å². The number of methoxy groups -OCH3 is 1. The van der Waals surface area contributed by atoms with E-state index in [-0.39, 0.29) is 17.1 Å². The molecule has 54 valence electrons. The maximum Gasteiger partial charge on any atom is 0.318 e. The highest BCUT2D eigenvalue weighted by atomic mass is 32.1. The fourth-order valence-corrected chi connectivity index (χ4v) is 0.498. The van der Waals surface area contributed by atoms with Crippen LogP contribution in [0.1, 0.15) is 13.8 Å². The number of esters is 1. The molecule has 0 aliphatic carbocycles. The number of carbonyl (C=O) groups excluding carboxylic acids is 1. The highest BCUT2D eigenvalue weighted by Gasteiger charge is 2.17. The first kappa shape index (κ1) is 8.82. The fourth-order valence-electron chi connectivity index (χ4n) is 0.393. The molecule has 0 aromatic carbocycles. The SMILES string of the molecule is COC(=O)[C@H](S)C(C)C. The van der Waals surface area contributed by atoms with Crippen LogP contribution < -0.4 is 0 Å². The van der Waals surface area contributed by atoms with E-state index in [1.54, 1.807) is 0 Å². The molecule has 0 amide bonds. The Kier molecular flexibility index (Phi) is 3.70. The lowest BCUT2D eigenvalue weighted by Gasteiger charge is -2.10. The van der Waals surface area contributed by atoms with E-state index in [0.717, 1.165) is 0 Å². The van der Waals surface area contributed by atoms with Crippen molar-refractivity contribution >= 4 is 18.6 Å². The van der Waals surface area contributed by atoms with Gasteiger partial charge < -0.3 is 4.74 Å². The van der Waals surface area contributed by atoms with Crippen molar-refractivity contribution in [2.45, 2.75) is 19.1 Å². The Balaban J connectivity index is 3.72. The number of thiol groups is 1. The summed E-state index contributed by atoms with van der Waals surface area (Å²) >= 11 is 4.03. The molecular formula is C6H12O2S. The van der Waals surface area contributed by atoms with Crippen LogP contribution in [-0.2, 0) is 9.53 Å². The summed E-state index contributed by atoms with van der Waals surface area (Å²) in [6.07, 6.45) is 0. The molecule has 0 aliphatic heterocycles. The van der Waals surface area contributed by atoms with E-state index >= 15 is 0 Å². The molecule has 0 aliphatic rings. The first-order valence-electron chi connectivity index (χ1n) is 2.85. The second-order valence-corrected chi connectivity index (χ2v) is 2.77. The molecule has 0 rings (SSSR count). The number of ether oxygens (including phenoxy) is 1. The predicted octanol–water partition coefficient (Wildman–Crippen LogP) is 1.11. The van der Waals surface area contributed by atoms with Gasteiger partial charge >= 0.3 is 5.97 Å². The molecule has 0 fully saturated rings. The van der Waals surface area contributed by atoms with Gasteiger partial charge in [0, 0.05) is 0 Å². The highest BCUT2D eigenvalue weighted by Crippen LogP contribution is 2.09. The number of rotatable bonds is 2. The third-order valence-corrected chi connectivity index (χ3v) is 1.88. The third kappa shape index (κ3) is 2.75. The van der Waals surface area contributed by atoms with E-state index < -0.39 is 0 Å². The van der Waals surface area contributed by atoms with Crippen LogP contribution in [0.2, 0.25) is 0 Å². The Morgan fingerprint density at radius 2 is 2.00 bits per heavy atom. The highest BCUT2D eigenvalue weighted by molar-refractivity contribution is 7.81. The number of hydrogen-bond donors (Lipinski definition) is 1. The average Bonchev–Trinajstić information content (AvgIpc) is 1.84. The van der Waals surface area contributed by atoms with Gasteiger partial charge in [0.25, 0.3) is 0 Å². The van der Waals surface area contributed by atoms with E-state index in [4.69, 9.17) is 0 Å². The Morgan fingerprint density at radius 3 is 2.11 bits per heavy atom. The largest absolute Gasteiger partial charge is 0.468 e. The second-order valence-electron chi connectivity index (χ2n) is 2.21. The van der Waals surface area contributed by atoms with Crippen LogP contribution in [0.5, 0.6) is 0 Å². The minimum atomic E-state index is -0.282. The van der Waals surface area contributed by atoms with E-state index in [0.29, 0.717) is 0 Å². The van der Waals surface area contributed by atoms with Crippen molar-refractivity contribution in [1.29, 1.82) is 0 Å². The Hall–Kier alpha value is -0.180. The van der Waals surface area contributed by atoms with Crippen molar-refractivity contribution in [2.24, 2.45) is 5.92 Å². The molecule has 2 nitrogen and oxygen atoms in total. The fraction of sp³-hybridized carbons (Fsp3) is 0.833. The van der Waals surface area contributed by atoms with E-state index in [9.17, 15) is 4.79 Å². The normalized spacial score (nSPS) is 13.4. The average molecular weight is 148 g/mol. The molecule has 0 saturated heterocycles. The molecular weight excluding hydrogens is 136 g/mol. The summed E-state index contributed by atoms with van der Waals surface area (Å²) in [7, 11) is 1.37. The summed E-state index contributed by atoms with van der Waals surface area (Å²) in [4.78, 5) is 10.7. The zero-order valence-electron chi connectivity index (χ0n) is 5.92. The molecule has 0 heterocycles. The van der Waals surface area contributed by atoms with Crippen LogP contribution in [0.15, 0.2) is 0 Å². The Labute approximate surface area is 61.0 Å². The van der Waals surface area contributed by atoms with Crippen molar-refractivity contribution < 1.29 is 9.53 Å². The standard InChI is InChI=1S/C6H12O2S/c1-4(2)5(9)6(7)8-3/h4-5,9H,1-3H3/t5-/m1/s1. The molecule has 1 atom stereocenters. The molecule has 0 N–H and O–H groups in total. The van der Waals surface area contributed by atoms with E-state index in [1.165, 1.54) is 7.11 Å². The second kappa shape index (κ2) is 3.77. The molecule has 0 radical (unpaired) electrons. The molecule has 9 heavy (non-hydrogen) atoms. The molecule has 0 bridgehead atoms. The summed E-state index contributed by atoms with van der Waals surface area (Å²) in [5.74, 6) is -0.0193. The minimum absolute atomic E-state index is 0.237. The van der Waals surface area contributed by atoms with Crippen molar-refractivity contribution in [3.63, 3.8) is 0 Å². The quantitative estimate of drug-likeness (QED) is 0.469. The molecule has 0 aromatic heterocycles. The summed E-state index contributed by atoms with van der Waals surface area (Å²) in [6.45, 7) is 3.85. The van der Waals surface area contributed by atoms with Gasteiger partial charge in [0.1, 0.15) is 5.25 Å². The summed E-state index contributed by atoms with van der Waals surface area (Å²) in [5.41, 5.74) is 0. The van der Waals surface area contributed by atoms with Crippen LogP contribution in [0.25, 0.3) is 0 Å². The minimum Gasteiger partial charge on any atom is -0.468 e. The monoisotopic (exact) mass is 148 g/mol. The van der Waals surface area contributed by atoms with Gasteiger partial charge in [0.15, 0.2) is 0 Å². The first-order chi connectivity index (χ1) is 4.09. The smallest absolute Gasteiger partial charge is 0.318 e. The Bertz CT molecular complexity index is 101. The van der Waals surface area contributed by atoms with Crippen LogP contribution in [0, 0.1) is 5.92 Å². The van der Waals surface area contributed by atoms with Gasteiger partial charge in [-0.25, -0.2) is 0 Å². The molecule has 0 unspecified atom stereocenters. The van der Waals surface area contributed by atoms with Gasteiger partial charge in [-0.3, -0.25) is 4.79 Å². The molecule has 0 aromatic rings. The third-order valence-electron chi connectivity index (χ3n) is 1.07. The van der Waals surface area contributed by atoms with Gasteiger partial charge in [-0.2, -0.15) is 12.6 Å². The lowest BCUT2D eigenvalue weighted by Crippen LogP contribution is -2.21. The number of carbonyl (C=O) groups is 1. The van der Waals surface area contributed by atoms with Crippen molar-refractivity contribution in [1.82, 2.24) is 0 Å². The van der Waals surface area contributed by atoms with Crippen LogP contribution in [0.3, 0.4) is 0 Å². The van der Waals surface area contributed by atoms with Gasteiger partial charge in [0.05, 0.1) is 7.11 Å². The maximum atomic E-state index is 10.7. The topological polar surface area (TPSA) is 26.3 Å². The predicted molar refractivity (Wildman–Crippen MR) is 39.6 cm³/mol. The van der Waals surface area contributed by atoms with Gasteiger partial charge in [0.2, 0.25) is 0 Å². The van der Waals surface area contributed by atoms with E-state index in [2.05, 4.69) is 17.4 Å². The molecule has 0 spiro atoms. The van der Waals surface area contributed by atoms with Crippen LogP contribution >= 0.6 is 12.6 Å². The zero-order chi connectivity index (χ0) is 7.44. The number of hydrogen-bond acceptors (Lipinski definition) is 3. The summed E-state index contributed by atoms with van der Waals surface area (Å²) in [6, 6.07) is 0. The maximum absolute atomic E-state index is 10.7. The van der Waals surface area contributed by atoms with Crippen molar-refractivity contribution in [3.8, 4) is 0 Å². The van der Waals surface area contributed by atoms with E-state index in [1.807, 2.05) is 13.8 Å². The molecule has 0 saturated carbocycles. The summed E-state index contributed by atoms with van der Waals surface area (Å²) < 4.78 is 4.46. The molecule has 3 heteroatoms. The van der Waals surface area contributed by atoms with Crippen molar-refractivity contribution in [3.05, 3.63) is 0 Å². The lowest BCUT2D eigenvalue weighted by molar-refractivity contribution is -0.140. The Morgan fingerprint density at radius 1 is 1.56 bits per heavy atom.